The van der Waals surface area contributed by atoms with Gasteiger partial charge in [-0.2, -0.15) is 0 Å². The van der Waals surface area contributed by atoms with Gasteiger partial charge in [0.05, 0.1) is 5.56 Å². The van der Waals surface area contributed by atoms with Crippen LogP contribution in [-0.2, 0) is 0 Å². The summed E-state index contributed by atoms with van der Waals surface area (Å²) in [6, 6.07) is 10.8. The summed E-state index contributed by atoms with van der Waals surface area (Å²) < 4.78 is 0. The molecule has 0 aliphatic heterocycles. The average molecular weight is 290 g/mol. The summed E-state index contributed by atoms with van der Waals surface area (Å²) in [4.78, 5) is 23.3. The molecule has 102 valence electrons. The standard InChI is InChI=1S/C15H12ClNO3/c1-9(18)10-3-2-4-12(7-10)17-15(20)13-6-5-11(16)8-14(13)19/h2-8,19H,1H3,(H,17,20). The SMILES string of the molecule is CC(=O)c1cccc(NC(=O)c2ccc(Cl)cc2O)c1. The summed E-state index contributed by atoms with van der Waals surface area (Å²) in [5.74, 6) is -0.756. The minimum absolute atomic E-state index is 0.0876. The number of ketones is 1. The van der Waals surface area contributed by atoms with Crippen LogP contribution in [0.3, 0.4) is 0 Å². The zero-order chi connectivity index (χ0) is 14.7. The number of nitrogens with one attached hydrogen (secondary N) is 1. The summed E-state index contributed by atoms with van der Waals surface area (Å²) in [6.45, 7) is 1.45. The van der Waals surface area contributed by atoms with E-state index in [1.807, 2.05) is 0 Å². The first-order valence-corrected chi connectivity index (χ1v) is 6.26. The van der Waals surface area contributed by atoms with Crippen LogP contribution < -0.4 is 5.32 Å². The Hall–Kier alpha value is -2.33. The molecule has 2 rings (SSSR count). The molecular formula is C15H12ClNO3. The Labute approximate surface area is 121 Å². The van der Waals surface area contributed by atoms with Crippen LogP contribution >= 0.6 is 11.6 Å². The molecule has 0 heterocycles. The van der Waals surface area contributed by atoms with E-state index in [0.29, 0.717) is 16.3 Å². The third-order valence-corrected chi connectivity index (χ3v) is 2.97. The number of halogens is 1. The maximum absolute atomic E-state index is 12.0. The third kappa shape index (κ3) is 3.16. The number of anilines is 1. The lowest BCUT2D eigenvalue weighted by molar-refractivity contribution is 0.101. The number of hydrogen-bond donors (Lipinski definition) is 2. The minimum atomic E-state index is -0.472. The smallest absolute Gasteiger partial charge is 0.259 e. The van der Waals surface area contributed by atoms with Crippen LogP contribution in [0, 0.1) is 0 Å². The van der Waals surface area contributed by atoms with E-state index >= 15 is 0 Å². The van der Waals surface area contributed by atoms with E-state index in [1.54, 1.807) is 24.3 Å². The molecule has 2 aromatic carbocycles. The number of hydrogen-bond acceptors (Lipinski definition) is 3. The Morgan fingerprint density at radius 1 is 1.15 bits per heavy atom. The molecule has 0 aliphatic carbocycles. The molecule has 20 heavy (non-hydrogen) atoms. The van der Waals surface area contributed by atoms with Gasteiger partial charge in [-0.25, -0.2) is 0 Å². The van der Waals surface area contributed by atoms with E-state index in [9.17, 15) is 14.7 Å². The summed E-state index contributed by atoms with van der Waals surface area (Å²) in [5, 5.41) is 12.6. The van der Waals surface area contributed by atoms with E-state index < -0.39 is 5.91 Å². The highest BCUT2D eigenvalue weighted by Gasteiger charge is 2.12. The molecule has 0 aliphatic rings. The maximum atomic E-state index is 12.0. The zero-order valence-corrected chi connectivity index (χ0v) is 11.4. The van der Waals surface area contributed by atoms with Gasteiger partial charge in [-0.05, 0) is 37.3 Å². The predicted octanol–water partition coefficient (Wildman–Crippen LogP) is 3.50. The van der Waals surface area contributed by atoms with Crippen molar-refractivity contribution in [3.63, 3.8) is 0 Å². The number of phenolic OH excluding ortho intramolecular Hbond substituents is 1. The van der Waals surface area contributed by atoms with Gasteiger partial charge in [-0.3, -0.25) is 9.59 Å². The lowest BCUT2D eigenvalue weighted by Gasteiger charge is -2.08. The van der Waals surface area contributed by atoms with Crippen molar-refractivity contribution >= 4 is 29.0 Å². The molecule has 0 spiro atoms. The molecule has 0 saturated heterocycles. The van der Waals surface area contributed by atoms with Crippen molar-refractivity contribution in [3.8, 4) is 5.75 Å². The van der Waals surface area contributed by atoms with Gasteiger partial charge in [0.25, 0.3) is 5.91 Å². The Balaban J connectivity index is 2.23. The van der Waals surface area contributed by atoms with Gasteiger partial charge in [0.15, 0.2) is 5.78 Å². The number of rotatable bonds is 3. The second-order valence-electron chi connectivity index (χ2n) is 4.25. The number of aromatic hydroxyl groups is 1. The molecule has 0 radical (unpaired) electrons. The van der Waals surface area contributed by atoms with Crippen LogP contribution in [0.2, 0.25) is 5.02 Å². The van der Waals surface area contributed by atoms with Gasteiger partial charge in [-0.1, -0.05) is 23.7 Å². The Kier molecular flexibility index (Phi) is 4.05. The topological polar surface area (TPSA) is 66.4 Å². The van der Waals surface area contributed by atoms with Crippen molar-refractivity contribution in [2.75, 3.05) is 5.32 Å². The van der Waals surface area contributed by atoms with Crippen molar-refractivity contribution in [3.05, 3.63) is 58.6 Å². The van der Waals surface area contributed by atoms with E-state index in [1.165, 1.54) is 25.1 Å². The molecule has 2 N–H and O–H groups in total. The quantitative estimate of drug-likeness (QED) is 0.850. The fourth-order valence-corrected chi connectivity index (χ4v) is 1.88. The first-order chi connectivity index (χ1) is 9.47. The highest BCUT2D eigenvalue weighted by molar-refractivity contribution is 6.31. The Morgan fingerprint density at radius 2 is 1.90 bits per heavy atom. The molecule has 0 saturated carbocycles. The monoisotopic (exact) mass is 289 g/mol. The third-order valence-electron chi connectivity index (χ3n) is 2.73. The molecule has 5 heteroatoms. The number of phenols is 1. The van der Waals surface area contributed by atoms with E-state index in [-0.39, 0.29) is 17.1 Å². The Bertz CT molecular complexity index is 683. The molecular weight excluding hydrogens is 278 g/mol. The van der Waals surface area contributed by atoms with E-state index in [4.69, 9.17) is 11.6 Å². The van der Waals surface area contributed by atoms with Crippen LogP contribution in [0.1, 0.15) is 27.6 Å². The normalized spacial score (nSPS) is 10.1. The van der Waals surface area contributed by atoms with Crippen LogP contribution in [0.25, 0.3) is 0 Å². The molecule has 0 bridgehead atoms. The van der Waals surface area contributed by atoms with Crippen LogP contribution in [0.4, 0.5) is 5.69 Å². The summed E-state index contributed by atoms with van der Waals surface area (Å²) >= 11 is 5.71. The van der Waals surface area contributed by atoms with Gasteiger partial charge >= 0.3 is 0 Å². The predicted molar refractivity (Wildman–Crippen MR) is 77.5 cm³/mol. The molecule has 0 aromatic heterocycles. The van der Waals surface area contributed by atoms with E-state index in [0.717, 1.165) is 0 Å². The van der Waals surface area contributed by atoms with E-state index in [2.05, 4.69) is 5.32 Å². The summed E-state index contributed by atoms with van der Waals surface area (Å²) in [6.07, 6.45) is 0. The van der Waals surface area contributed by atoms with Gasteiger partial charge in [-0.15, -0.1) is 0 Å². The first kappa shape index (κ1) is 14.1. The zero-order valence-electron chi connectivity index (χ0n) is 10.7. The second-order valence-corrected chi connectivity index (χ2v) is 4.69. The Morgan fingerprint density at radius 3 is 2.55 bits per heavy atom. The molecule has 4 nitrogen and oxygen atoms in total. The van der Waals surface area contributed by atoms with Crippen molar-refractivity contribution in [1.29, 1.82) is 0 Å². The van der Waals surface area contributed by atoms with Crippen molar-refractivity contribution in [2.24, 2.45) is 0 Å². The fourth-order valence-electron chi connectivity index (χ4n) is 1.71. The number of Topliss-reactive ketones (excluding diaryl/α,β-unsaturated/α-hetero) is 1. The average Bonchev–Trinajstić information content (AvgIpc) is 2.38. The molecule has 0 atom stereocenters. The summed E-state index contributed by atoms with van der Waals surface area (Å²) in [5.41, 5.74) is 1.10. The highest BCUT2D eigenvalue weighted by atomic mass is 35.5. The number of benzene rings is 2. The van der Waals surface area contributed by atoms with Crippen LogP contribution in [0.15, 0.2) is 42.5 Å². The second kappa shape index (κ2) is 5.75. The first-order valence-electron chi connectivity index (χ1n) is 5.88. The maximum Gasteiger partial charge on any atom is 0.259 e. The van der Waals surface area contributed by atoms with Gasteiger partial charge in [0.2, 0.25) is 0 Å². The van der Waals surface area contributed by atoms with Gasteiger partial charge < -0.3 is 10.4 Å². The van der Waals surface area contributed by atoms with Crippen LogP contribution in [0.5, 0.6) is 5.75 Å². The molecule has 2 aromatic rings. The van der Waals surface area contributed by atoms with Crippen molar-refractivity contribution < 1.29 is 14.7 Å². The highest BCUT2D eigenvalue weighted by Crippen LogP contribution is 2.23. The molecule has 1 amide bonds. The lowest BCUT2D eigenvalue weighted by atomic mass is 10.1. The van der Waals surface area contributed by atoms with Gasteiger partial charge in [0, 0.05) is 16.3 Å². The fraction of sp³-hybridized carbons (Fsp3) is 0.0667. The largest absolute Gasteiger partial charge is 0.507 e. The number of amides is 1. The lowest BCUT2D eigenvalue weighted by Crippen LogP contribution is -2.12. The number of carbonyl (C=O) groups is 2. The number of carbonyl (C=O) groups excluding carboxylic acids is 2. The molecule has 0 fully saturated rings. The minimum Gasteiger partial charge on any atom is -0.507 e. The molecule has 0 unspecified atom stereocenters. The van der Waals surface area contributed by atoms with Gasteiger partial charge in [0.1, 0.15) is 5.75 Å². The van der Waals surface area contributed by atoms with Crippen molar-refractivity contribution in [1.82, 2.24) is 0 Å². The van der Waals surface area contributed by atoms with Crippen molar-refractivity contribution in [2.45, 2.75) is 6.92 Å². The summed E-state index contributed by atoms with van der Waals surface area (Å²) in [7, 11) is 0. The van der Waals surface area contributed by atoms with Crippen LogP contribution in [-0.4, -0.2) is 16.8 Å².